The Hall–Kier alpha value is -0.980. The summed E-state index contributed by atoms with van der Waals surface area (Å²) in [5.41, 5.74) is 3.02. The monoisotopic (exact) mass is 313 g/mol. The molecule has 0 aromatic carbocycles. The van der Waals surface area contributed by atoms with Crippen molar-refractivity contribution >= 4 is 23.1 Å². The fourth-order valence-corrected chi connectivity index (χ4v) is 3.37. The molecule has 1 unspecified atom stereocenters. The third kappa shape index (κ3) is 2.87. The maximum atomic E-state index is 6.39. The lowest BCUT2D eigenvalue weighted by atomic mass is 10.1. The van der Waals surface area contributed by atoms with E-state index in [1.807, 2.05) is 18.7 Å². The van der Waals surface area contributed by atoms with Crippen molar-refractivity contribution in [1.82, 2.24) is 24.7 Å². The van der Waals surface area contributed by atoms with E-state index in [1.165, 1.54) is 16.4 Å². The lowest BCUT2D eigenvalue weighted by Gasteiger charge is -2.16. The summed E-state index contributed by atoms with van der Waals surface area (Å²) in [6.45, 7) is 6.94. The summed E-state index contributed by atoms with van der Waals surface area (Å²) >= 11 is 7.85. The van der Waals surface area contributed by atoms with Crippen LogP contribution in [0.1, 0.15) is 41.8 Å². The number of aromatic nitrogens is 4. The molecular weight excluding hydrogens is 294 g/mol. The van der Waals surface area contributed by atoms with E-state index in [0.29, 0.717) is 0 Å². The molecule has 110 valence electrons. The first-order valence-electron chi connectivity index (χ1n) is 6.82. The summed E-state index contributed by atoms with van der Waals surface area (Å²) in [4.78, 5) is 1.19. The van der Waals surface area contributed by atoms with Gasteiger partial charge in [0, 0.05) is 13.0 Å². The van der Waals surface area contributed by atoms with Gasteiger partial charge in [-0.1, -0.05) is 23.0 Å². The van der Waals surface area contributed by atoms with Gasteiger partial charge in [-0.2, -0.15) is 5.10 Å². The van der Waals surface area contributed by atoms with Crippen molar-refractivity contribution < 1.29 is 0 Å². The van der Waals surface area contributed by atoms with Crippen molar-refractivity contribution in [2.45, 2.75) is 46.2 Å². The van der Waals surface area contributed by atoms with Crippen LogP contribution < -0.4 is 5.32 Å². The Balaban J connectivity index is 2.31. The van der Waals surface area contributed by atoms with Crippen LogP contribution in [0.4, 0.5) is 0 Å². The molecule has 1 N–H and O–H groups in total. The highest BCUT2D eigenvalue weighted by Crippen LogP contribution is 2.28. The summed E-state index contributed by atoms with van der Waals surface area (Å²) in [5, 5.41) is 12.8. The van der Waals surface area contributed by atoms with Crippen LogP contribution in [0.2, 0.25) is 5.02 Å². The lowest BCUT2D eigenvalue weighted by Crippen LogP contribution is -2.21. The van der Waals surface area contributed by atoms with Crippen molar-refractivity contribution in [3.63, 3.8) is 0 Å². The summed E-state index contributed by atoms with van der Waals surface area (Å²) in [5.74, 6) is 0. The summed E-state index contributed by atoms with van der Waals surface area (Å²) in [6, 6.07) is 0.170. The average molecular weight is 314 g/mol. The molecule has 2 aromatic heterocycles. The Morgan fingerprint density at radius 3 is 2.75 bits per heavy atom. The van der Waals surface area contributed by atoms with Crippen LogP contribution in [0.3, 0.4) is 0 Å². The van der Waals surface area contributed by atoms with Gasteiger partial charge in [0.25, 0.3) is 0 Å². The van der Waals surface area contributed by atoms with E-state index >= 15 is 0 Å². The molecule has 5 nitrogen and oxygen atoms in total. The number of likely N-dealkylation sites (N-methyl/N-ethyl adjacent to an activating group) is 1. The van der Waals surface area contributed by atoms with Gasteiger partial charge in [-0.3, -0.25) is 4.68 Å². The van der Waals surface area contributed by atoms with Gasteiger partial charge >= 0.3 is 0 Å². The van der Waals surface area contributed by atoms with Crippen LogP contribution in [0.5, 0.6) is 0 Å². The number of aryl methyl sites for hydroxylation is 3. The van der Waals surface area contributed by atoms with Crippen LogP contribution in [0, 0.1) is 6.92 Å². The predicted octanol–water partition coefficient (Wildman–Crippen LogP) is 2.78. The molecule has 2 aromatic rings. The largest absolute Gasteiger partial charge is 0.312 e. The van der Waals surface area contributed by atoms with Gasteiger partial charge in [0.15, 0.2) is 0 Å². The number of hydrogen-bond acceptors (Lipinski definition) is 5. The second-order valence-electron chi connectivity index (χ2n) is 4.64. The molecule has 0 saturated carbocycles. The zero-order valence-corrected chi connectivity index (χ0v) is 13.8. The molecule has 2 heterocycles. The Kier molecular flexibility index (Phi) is 5.12. The SMILES string of the molecule is CCc1nnsc1C(Cc1c(Cl)c(C)nn1CC)NC. The molecule has 0 aliphatic rings. The first-order valence-corrected chi connectivity index (χ1v) is 7.97. The lowest BCUT2D eigenvalue weighted by molar-refractivity contribution is 0.543. The highest BCUT2D eigenvalue weighted by atomic mass is 35.5. The summed E-state index contributed by atoms with van der Waals surface area (Å²) < 4.78 is 6.04. The Labute approximate surface area is 128 Å². The molecule has 0 aliphatic carbocycles. The fraction of sp³-hybridized carbons (Fsp3) is 0.615. The van der Waals surface area contributed by atoms with E-state index < -0.39 is 0 Å². The standard InChI is InChI=1S/C13H20ClN5S/c1-5-9-13(20-18-16-9)10(15-4)7-11-12(14)8(3)17-19(11)6-2/h10,15H,5-7H2,1-4H3. The first kappa shape index (κ1) is 15.4. The average Bonchev–Trinajstić information content (AvgIpc) is 3.03. The Morgan fingerprint density at radius 1 is 1.40 bits per heavy atom. The van der Waals surface area contributed by atoms with E-state index in [4.69, 9.17) is 11.6 Å². The van der Waals surface area contributed by atoms with E-state index in [2.05, 4.69) is 33.8 Å². The smallest absolute Gasteiger partial charge is 0.0847 e. The minimum Gasteiger partial charge on any atom is -0.312 e. The van der Waals surface area contributed by atoms with E-state index in [-0.39, 0.29) is 6.04 Å². The van der Waals surface area contributed by atoms with Gasteiger partial charge in [-0.15, -0.1) is 5.10 Å². The van der Waals surface area contributed by atoms with Gasteiger partial charge in [-0.05, 0) is 38.8 Å². The Bertz CT molecular complexity index is 577. The molecule has 0 aliphatic heterocycles. The Morgan fingerprint density at radius 2 is 2.15 bits per heavy atom. The van der Waals surface area contributed by atoms with Crippen LogP contribution in [0.15, 0.2) is 0 Å². The maximum Gasteiger partial charge on any atom is 0.0847 e. The number of halogens is 1. The molecule has 0 radical (unpaired) electrons. The molecule has 2 rings (SSSR count). The third-order valence-electron chi connectivity index (χ3n) is 3.44. The second-order valence-corrected chi connectivity index (χ2v) is 5.81. The second kappa shape index (κ2) is 6.65. The normalized spacial score (nSPS) is 12.8. The minimum atomic E-state index is 0.170. The van der Waals surface area contributed by atoms with Crippen molar-refractivity contribution in [1.29, 1.82) is 0 Å². The zero-order chi connectivity index (χ0) is 14.7. The van der Waals surface area contributed by atoms with Crippen molar-refractivity contribution in [3.8, 4) is 0 Å². The van der Waals surface area contributed by atoms with E-state index in [1.54, 1.807) is 0 Å². The molecule has 0 fully saturated rings. The quantitative estimate of drug-likeness (QED) is 0.891. The van der Waals surface area contributed by atoms with Crippen molar-refractivity contribution in [3.05, 3.63) is 27.0 Å². The number of nitrogens with zero attached hydrogens (tertiary/aromatic N) is 4. The third-order valence-corrected chi connectivity index (χ3v) is 4.81. The van der Waals surface area contributed by atoms with Crippen LogP contribution in [-0.2, 0) is 19.4 Å². The molecular formula is C13H20ClN5S. The highest BCUT2D eigenvalue weighted by Gasteiger charge is 2.22. The maximum absolute atomic E-state index is 6.39. The van der Waals surface area contributed by atoms with Gasteiger partial charge in [-0.25, -0.2) is 0 Å². The number of nitrogens with one attached hydrogen (secondary N) is 1. The minimum absolute atomic E-state index is 0.170. The number of rotatable bonds is 6. The van der Waals surface area contributed by atoms with Crippen molar-refractivity contribution in [2.24, 2.45) is 0 Å². The molecule has 20 heavy (non-hydrogen) atoms. The van der Waals surface area contributed by atoms with Gasteiger partial charge < -0.3 is 5.32 Å². The van der Waals surface area contributed by atoms with E-state index in [0.717, 1.165) is 41.5 Å². The van der Waals surface area contributed by atoms with Crippen LogP contribution in [-0.4, -0.2) is 26.4 Å². The zero-order valence-electron chi connectivity index (χ0n) is 12.3. The molecule has 0 saturated heterocycles. The first-order chi connectivity index (χ1) is 9.62. The molecule has 0 spiro atoms. The molecule has 1 atom stereocenters. The van der Waals surface area contributed by atoms with E-state index in [9.17, 15) is 0 Å². The molecule has 7 heteroatoms. The topological polar surface area (TPSA) is 55.6 Å². The predicted molar refractivity (Wildman–Crippen MR) is 82.4 cm³/mol. The van der Waals surface area contributed by atoms with Crippen molar-refractivity contribution in [2.75, 3.05) is 7.05 Å². The summed E-state index contributed by atoms with van der Waals surface area (Å²) in [6.07, 6.45) is 1.69. The van der Waals surface area contributed by atoms with Gasteiger partial charge in [0.2, 0.25) is 0 Å². The highest BCUT2D eigenvalue weighted by molar-refractivity contribution is 7.05. The van der Waals surface area contributed by atoms with Gasteiger partial charge in [0.1, 0.15) is 0 Å². The molecule has 0 amide bonds. The molecule has 0 bridgehead atoms. The summed E-state index contributed by atoms with van der Waals surface area (Å²) in [7, 11) is 1.96. The fourth-order valence-electron chi connectivity index (χ4n) is 2.31. The van der Waals surface area contributed by atoms with Crippen LogP contribution in [0.25, 0.3) is 0 Å². The van der Waals surface area contributed by atoms with Crippen LogP contribution >= 0.6 is 23.1 Å². The number of hydrogen-bond donors (Lipinski definition) is 1. The van der Waals surface area contributed by atoms with Gasteiger partial charge in [0.05, 0.1) is 33.0 Å².